The van der Waals surface area contributed by atoms with Gasteiger partial charge in [-0.1, -0.05) is 0 Å². The highest BCUT2D eigenvalue weighted by Gasteiger charge is 2.01. The summed E-state index contributed by atoms with van der Waals surface area (Å²) in [4.78, 5) is 1.23. The average molecular weight is 179 g/mol. The van der Waals surface area contributed by atoms with Gasteiger partial charge in [0.1, 0.15) is 0 Å². The van der Waals surface area contributed by atoms with Crippen LogP contribution < -0.4 is 5.32 Å². The first-order valence-electron chi connectivity index (χ1n) is 3.70. The van der Waals surface area contributed by atoms with E-state index in [1.54, 1.807) is 23.9 Å². The standard InChI is InChI=1S/C9H9NOS/c1-10-9-3-2-8(12-9)7-4-5-11-6-7/h2-6,10H,1H3. The van der Waals surface area contributed by atoms with Crippen LogP contribution in [-0.2, 0) is 0 Å². The van der Waals surface area contributed by atoms with Gasteiger partial charge in [0.2, 0.25) is 0 Å². The lowest BCUT2D eigenvalue weighted by atomic mass is 10.3. The van der Waals surface area contributed by atoms with Crippen molar-refractivity contribution in [2.75, 3.05) is 12.4 Å². The van der Waals surface area contributed by atoms with Crippen LogP contribution in [0.2, 0.25) is 0 Å². The Kier molecular flexibility index (Phi) is 1.87. The Bertz CT molecular complexity index is 350. The van der Waals surface area contributed by atoms with E-state index in [1.807, 2.05) is 13.1 Å². The van der Waals surface area contributed by atoms with Gasteiger partial charge in [-0.2, -0.15) is 0 Å². The largest absolute Gasteiger partial charge is 0.472 e. The normalized spacial score (nSPS) is 10.1. The van der Waals surface area contributed by atoms with Crippen molar-refractivity contribution in [1.82, 2.24) is 0 Å². The number of thiophene rings is 1. The molecule has 0 radical (unpaired) electrons. The third-order valence-corrected chi connectivity index (χ3v) is 2.81. The number of rotatable bonds is 2. The zero-order valence-corrected chi connectivity index (χ0v) is 7.52. The zero-order valence-electron chi connectivity index (χ0n) is 6.70. The van der Waals surface area contributed by atoms with Crippen molar-refractivity contribution in [3.05, 3.63) is 30.7 Å². The first-order chi connectivity index (χ1) is 5.90. The van der Waals surface area contributed by atoms with E-state index in [0.717, 1.165) is 5.56 Å². The maximum atomic E-state index is 5.00. The summed E-state index contributed by atoms with van der Waals surface area (Å²) < 4.78 is 5.00. The molecule has 0 unspecified atom stereocenters. The topological polar surface area (TPSA) is 25.2 Å². The van der Waals surface area contributed by atoms with Crippen LogP contribution in [0.5, 0.6) is 0 Å². The SMILES string of the molecule is CNc1ccc(-c2ccoc2)s1. The maximum Gasteiger partial charge on any atom is 0.0989 e. The fraction of sp³-hybridized carbons (Fsp3) is 0.111. The number of furan rings is 1. The molecule has 2 nitrogen and oxygen atoms in total. The molecule has 0 bridgehead atoms. The van der Waals surface area contributed by atoms with Gasteiger partial charge in [-0.05, 0) is 18.2 Å². The predicted octanol–water partition coefficient (Wildman–Crippen LogP) is 3.05. The minimum atomic E-state index is 1.14. The molecule has 0 saturated heterocycles. The number of anilines is 1. The molecule has 2 aromatic heterocycles. The second-order valence-electron chi connectivity index (χ2n) is 2.43. The van der Waals surface area contributed by atoms with Gasteiger partial charge in [0.25, 0.3) is 0 Å². The van der Waals surface area contributed by atoms with Gasteiger partial charge in [-0.3, -0.25) is 0 Å². The summed E-state index contributed by atoms with van der Waals surface area (Å²) in [6, 6.07) is 6.11. The lowest BCUT2D eigenvalue weighted by Crippen LogP contribution is -1.79. The molecule has 0 atom stereocenters. The Labute approximate surface area is 74.8 Å². The summed E-state index contributed by atoms with van der Waals surface area (Å²) >= 11 is 1.72. The predicted molar refractivity (Wildman–Crippen MR) is 51.6 cm³/mol. The average Bonchev–Trinajstić information content (AvgIpc) is 2.75. The highest BCUT2D eigenvalue weighted by atomic mass is 32.1. The summed E-state index contributed by atoms with van der Waals surface area (Å²) in [5.41, 5.74) is 1.14. The van der Waals surface area contributed by atoms with Crippen molar-refractivity contribution in [1.29, 1.82) is 0 Å². The summed E-state index contributed by atoms with van der Waals surface area (Å²) in [6.07, 6.45) is 3.44. The third kappa shape index (κ3) is 1.23. The first-order valence-corrected chi connectivity index (χ1v) is 4.52. The Morgan fingerprint density at radius 2 is 2.25 bits per heavy atom. The molecule has 1 N–H and O–H groups in total. The maximum absolute atomic E-state index is 5.00. The molecule has 2 aromatic rings. The molecule has 0 aromatic carbocycles. The Morgan fingerprint density at radius 3 is 2.83 bits per heavy atom. The van der Waals surface area contributed by atoms with E-state index in [4.69, 9.17) is 4.42 Å². The van der Waals surface area contributed by atoms with Crippen molar-refractivity contribution < 1.29 is 4.42 Å². The molecule has 0 spiro atoms. The van der Waals surface area contributed by atoms with Crippen molar-refractivity contribution >= 4 is 16.3 Å². The van der Waals surface area contributed by atoms with Crippen molar-refractivity contribution in [2.24, 2.45) is 0 Å². The molecule has 2 rings (SSSR count). The Morgan fingerprint density at radius 1 is 1.33 bits per heavy atom. The molecule has 0 aliphatic heterocycles. The highest BCUT2D eigenvalue weighted by Crippen LogP contribution is 2.30. The first kappa shape index (κ1) is 7.43. The van der Waals surface area contributed by atoms with Gasteiger partial charge >= 0.3 is 0 Å². The van der Waals surface area contributed by atoms with Crippen LogP contribution in [0.15, 0.2) is 35.1 Å². The molecule has 62 valence electrons. The Hall–Kier alpha value is -1.22. The minimum absolute atomic E-state index is 1.14. The van der Waals surface area contributed by atoms with Gasteiger partial charge in [0.05, 0.1) is 17.5 Å². The van der Waals surface area contributed by atoms with Gasteiger partial charge in [0, 0.05) is 17.5 Å². The van der Waals surface area contributed by atoms with E-state index in [9.17, 15) is 0 Å². The van der Waals surface area contributed by atoms with Gasteiger partial charge in [-0.25, -0.2) is 0 Å². The molecule has 12 heavy (non-hydrogen) atoms. The van der Waals surface area contributed by atoms with Gasteiger partial charge in [-0.15, -0.1) is 11.3 Å². The smallest absolute Gasteiger partial charge is 0.0989 e. The van der Waals surface area contributed by atoms with E-state index in [-0.39, 0.29) is 0 Å². The number of hydrogen-bond acceptors (Lipinski definition) is 3. The summed E-state index contributed by atoms with van der Waals surface area (Å²) in [6.45, 7) is 0. The monoisotopic (exact) mass is 179 g/mol. The number of hydrogen-bond donors (Lipinski definition) is 1. The lowest BCUT2D eigenvalue weighted by molar-refractivity contribution is 0.568. The van der Waals surface area contributed by atoms with E-state index < -0.39 is 0 Å². The van der Waals surface area contributed by atoms with Crippen molar-refractivity contribution in [2.45, 2.75) is 0 Å². The molecule has 3 heteroatoms. The summed E-state index contributed by atoms with van der Waals surface area (Å²) in [7, 11) is 1.92. The van der Waals surface area contributed by atoms with Crippen LogP contribution >= 0.6 is 11.3 Å². The minimum Gasteiger partial charge on any atom is -0.472 e. The third-order valence-electron chi connectivity index (χ3n) is 1.66. The van der Waals surface area contributed by atoms with E-state index in [1.165, 1.54) is 9.88 Å². The van der Waals surface area contributed by atoms with Crippen LogP contribution in [0.25, 0.3) is 10.4 Å². The molecular weight excluding hydrogens is 170 g/mol. The summed E-state index contributed by atoms with van der Waals surface area (Å²) in [5.74, 6) is 0. The number of nitrogens with one attached hydrogen (secondary N) is 1. The fourth-order valence-electron chi connectivity index (χ4n) is 1.03. The fourth-order valence-corrected chi connectivity index (χ4v) is 1.88. The van der Waals surface area contributed by atoms with Crippen LogP contribution in [-0.4, -0.2) is 7.05 Å². The lowest BCUT2D eigenvalue weighted by Gasteiger charge is -1.89. The Balaban J connectivity index is 2.35. The van der Waals surface area contributed by atoms with Gasteiger partial charge < -0.3 is 9.73 Å². The summed E-state index contributed by atoms with van der Waals surface area (Å²) in [5, 5.41) is 4.27. The molecule has 2 heterocycles. The second kappa shape index (κ2) is 3.03. The van der Waals surface area contributed by atoms with E-state index in [2.05, 4.69) is 17.4 Å². The van der Waals surface area contributed by atoms with Gasteiger partial charge in [0.15, 0.2) is 0 Å². The molecular formula is C9H9NOS. The van der Waals surface area contributed by atoms with Crippen molar-refractivity contribution in [3.63, 3.8) is 0 Å². The van der Waals surface area contributed by atoms with Crippen LogP contribution in [0, 0.1) is 0 Å². The molecule has 0 aliphatic rings. The van der Waals surface area contributed by atoms with Crippen molar-refractivity contribution in [3.8, 4) is 10.4 Å². The molecule has 0 amide bonds. The van der Waals surface area contributed by atoms with Crippen LogP contribution in [0.4, 0.5) is 5.00 Å². The molecule has 0 saturated carbocycles. The van der Waals surface area contributed by atoms with Crippen LogP contribution in [0.3, 0.4) is 0 Å². The van der Waals surface area contributed by atoms with E-state index in [0.29, 0.717) is 0 Å². The second-order valence-corrected chi connectivity index (χ2v) is 3.51. The van der Waals surface area contributed by atoms with Crippen LogP contribution in [0.1, 0.15) is 0 Å². The zero-order chi connectivity index (χ0) is 8.39. The quantitative estimate of drug-likeness (QED) is 0.766. The highest BCUT2D eigenvalue weighted by molar-refractivity contribution is 7.19. The van der Waals surface area contributed by atoms with E-state index >= 15 is 0 Å². The molecule has 0 aliphatic carbocycles. The molecule has 0 fully saturated rings.